The Balaban J connectivity index is 1.11. The van der Waals surface area contributed by atoms with Gasteiger partial charge in [0.1, 0.15) is 6.61 Å². The monoisotopic (exact) mass is 462 g/mol. The van der Waals surface area contributed by atoms with Gasteiger partial charge in [0, 0.05) is 36.9 Å². The van der Waals surface area contributed by atoms with E-state index in [0.717, 1.165) is 12.8 Å². The number of fused-ring (bicyclic) bond motifs is 3. The second-order valence-corrected chi connectivity index (χ2v) is 9.81. The van der Waals surface area contributed by atoms with Gasteiger partial charge in [-0.3, -0.25) is 9.59 Å². The summed E-state index contributed by atoms with van der Waals surface area (Å²) < 4.78 is 5.64. The molecule has 7 heteroatoms. The maximum atomic E-state index is 12.8. The summed E-state index contributed by atoms with van der Waals surface area (Å²) >= 11 is 0. The van der Waals surface area contributed by atoms with Gasteiger partial charge < -0.3 is 20.1 Å². The first kappa shape index (κ1) is 22.4. The molecule has 0 aromatic heterocycles. The molecule has 34 heavy (non-hydrogen) atoms. The minimum Gasteiger partial charge on any atom is -0.481 e. The van der Waals surface area contributed by atoms with Crippen LogP contribution in [0.2, 0.25) is 0 Å². The summed E-state index contributed by atoms with van der Waals surface area (Å²) in [5.41, 5.74) is 4.73. The molecule has 3 aliphatic rings. The lowest BCUT2D eigenvalue weighted by Crippen LogP contribution is -2.55. The molecule has 2 amide bonds. The SMILES string of the molecule is CC(C(=O)O)C1CN(C(=O)C2CCC(NC(=O)OCC3c4ccccc4-c4ccccc43)C2)C1. The molecule has 2 aliphatic carbocycles. The number of rotatable bonds is 6. The summed E-state index contributed by atoms with van der Waals surface area (Å²) in [7, 11) is 0. The molecule has 1 saturated heterocycles. The highest BCUT2D eigenvalue weighted by Crippen LogP contribution is 2.44. The average molecular weight is 463 g/mol. The largest absolute Gasteiger partial charge is 0.481 e. The molecule has 3 atom stereocenters. The molecule has 0 radical (unpaired) electrons. The van der Waals surface area contributed by atoms with E-state index < -0.39 is 18.0 Å². The number of carboxylic acid groups (broad SMARTS) is 1. The van der Waals surface area contributed by atoms with E-state index in [0.29, 0.717) is 19.5 Å². The number of likely N-dealkylation sites (tertiary alicyclic amines) is 1. The van der Waals surface area contributed by atoms with Gasteiger partial charge in [-0.1, -0.05) is 55.5 Å². The maximum Gasteiger partial charge on any atom is 0.407 e. The van der Waals surface area contributed by atoms with Crippen molar-refractivity contribution in [2.24, 2.45) is 17.8 Å². The third-order valence-corrected chi connectivity index (χ3v) is 7.77. The second-order valence-electron chi connectivity index (χ2n) is 9.81. The Morgan fingerprint density at radius 1 is 1.03 bits per heavy atom. The number of alkyl carbamates (subject to hydrolysis) is 1. The van der Waals surface area contributed by atoms with Crippen LogP contribution in [0.5, 0.6) is 0 Å². The van der Waals surface area contributed by atoms with E-state index in [4.69, 9.17) is 9.84 Å². The number of nitrogens with zero attached hydrogens (tertiary/aromatic N) is 1. The summed E-state index contributed by atoms with van der Waals surface area (Å²) in [6, 6.07) is 16.4. The predicted molar refractivity (Wildman–Crippen MR) is 126 cm³/mol. The van der Waals surface area contributed by atoms with Gasteiger partial charge in [-0.15, -0.1) is 0 Å². The van der Waals surface area contributed by atoms with E-state index in [-0.39, 0.29) is 36.3 Å². The van der Waals surface area contributed by atoms with Crippen LogP contribution >= 0.6 is 0 Å². The zero-order valence-corrected chi connectivity index (χ0v) is 19.3. The molecular weight excluding hydrogens is 432 g/mol. The van der Waals surface area contributed by atoms with Gasteiger partial charge in [-0.2, -0.15) is 0 Å². The lowest BCUT2D eigenvalue weighted by Gasteiger charge is -2.42. The van der Waals surface area contributed by atoms with Gasteiger partial charge in [0.25, 0.3) is 0 Å². The summed E-state index contributed by atoms with van der Waals surface area (Å²) in [6.07, 6.45) is 1.62. The van der Waals surface area contributed by atoms with E-state index in [2.05, 4.69) is 29.6 Å². The van der Waals surface area contributed by atoms with E-state index in [1.165, 1.54) is 22.3 Å². The quantitative estimate of drug-likeness (QED) is 0.679. The first-order valence-electron chi connectivity index (χ1n) is 12.1. The molecular formula is C27H30N2O5. The molecule has 2 aromatic rings. The highest BCUT2D eigenvalue weighted by molar-refractivity contribution is 5.81. The van der Waals surface area contributed by atoms with Crippen LogP contribution in [-0.2, 0) is 14.3 Å². The van der Waals surface area contributed by atoms with Gasteiger partial charge in [0.05, 0.1) is 5.92 Å². The Morgan fingerprint density at radius 3 is 2.26 bits per heavy atom. The third-order valence-electron chi connectivity index (χ3n) is 7.77. The summed E-state index contributed by atoms with van der Waals surface area (Å²) in [6.45, 7) is 2.98. The summed E-state index contributed by atoms with van der Waals surface area (Å²) in [5, 5.41) is 12.1. The molecule has 7 nitrogen and oxygen atoms in total. The fourth-order valence-corrected chi connectivity index (χ4v) is 5.61. The number of carbonyl (C=O) groups is 3. The summed E-state index contributed by atoms with van der Waals surface area (Å²) in [4.78, 5) is 38.2. The second kappa shape index (κ2) is 9.12. The molecule has 0 spiro atoms. The molecule has 2 aromatic carbocycles. The molecule has 1 heterocycles. The molecule has 2 fully saturated rings. The van der Waals surface area contributed by atoms with Crippen LogP contribution in [0.25, 0.3) is 11.1 Å². The van der Waals surface area contributed by atoms with E-state index >= 15 is 0 Å². The number of nitrogens with one attached hydrogen (secondary N) is 1. The molecule has 0 bridgehead atoms. The molecule has 3 unspecified atom stereocenters. The Morgan fingerprint density at radius 2 is 1.65 bits per heavy atom. The van der Waals surface area contributed by atoms with Crippen LogP contribution < -0.4 is 5.32 Å². The topological polar surface area (TPSA) is 95.9 Å². The van der Waals surface area contributed by atoms with Crippen molar-refractivity contribution in [3.63, 3.8) is 0 Å². The number of ether oxygens (including phenoxy) is 1. The van der Waals surface area contributed by atoms with Gasteiger partial charge in [-0.05, 0) is 41.5 Å². The third kappa shape index (κ3) is 4.15. The lowest BCUT2D eigenvalue weighted by molar-refractivity contribution is -0.152. The first-order valence-corrected chi connectivity index (χ1v) is 12.1. The molecule has 1 aliphatic heterocycles. The molecule has 2 N–H and O–H groups in total. The van der Waals surface area contributed by atoms with Crippen molar-refractivity contribution in [1.82, 2.24) is 10.2 Å². The predicted octanol–water partition coefficient (Wildman–Crippen LogP) is 3.87. The minimum atomic E-state index is -0.815. The number of benzene rings is 2. The molecule has 5 rings (SSSR count). The standard InChI is InChI=1S/C27H30N2O5/c1-16(26(31)32)18-13-29(14-18)25(30)17-10-11-19(12-17)28-27(33)34-15-24-22-8-4-2-6-20(22)21-7-3-5-9-23(21)24/h2-9,16-19,24H,10-15H2,1H3,(H,28,33)(H,31,32). The Kier molecular flexibility index (Phi) is 6.02. The van der Waals surface area contributed by atoms with Crippen molar-refractivity contribution in [3.05, 3.63) is 59.7 Å². The number of hydrogen-bond acceptors (Lipinski definition) is 4. The van der Waals surface area contributed by atoms with Crippen LogP contribution in [0.15, 0.2) is 48.5 Å². The normalized spacial score (nSPS) is 22.4. The Hall–Kier alpha value is -3.35. The first-order chi connectivity index (χ1) is 16.4. The lowest BCUT2D eigenvalue weighted by atomic mass is 9.86. The van der Waals surface area contributed by atoms with Gasteiger partial charge in [-0.25, -0.2) is 4.79 Å². The summed E-state index contributed by atoms with van der Waals surface area (Å²) in [5.74, 6) is -1.26. The van der Waals surface area contributed by atoms with Crippen LogP contribution in [0.4, 0.5) is 4.79 Å². The number of hydrogen-bond donors (Lipinski definition) is 2. The van der Waals surface area contributed by atoms with Crippen LogP contribution in [0.3, 0.4) is 0 Å². The van der Waals surface area contributed by atoms with Crippen LogP contribution in [0.1, 0.15) is 43.2 Å². The zero-order chi connectivity index (χ0) is 23.8. The van der Waals surface area contributed by atoms with Crippen LogP contribution in [-0.4, -0.2) is 53.7 Å². The minimum absolute atomic E-state index is 0.0172. The number of aliphatic carboxylic acids is 1. The maximum absolute atomic E-state index is 12.8. The van der Waals surface area contributed by atoms with Crippen molar-refractivity contribution in [1.29, 1.82) is 0 Å². The van der Waals surface area contributed by atoms with Crippen LogP contribution in [0, 0.1) is 17.8 Å². The van der Waals surface area contributed by atoms with Gasteiger partial charge in [0.15, 0.2) is 0 Å². The van der Waals surface area contributed by atoms with Gasteiger partial charge in [0.2, 0.25) is 5.91 Å². The van der Waals surface area contributed by atoms with Crippen molar-refractivity contribution in [3.8, 4) is 11.1 Å². The zero-order valence-electron chi connectivity index (χ0n) is 19.3. The molecule has 178 valence electrons. The molecule has 1 saturated carbocycles. The number of amides is 2. The smallest absolute Gasteiger partial charge is 0.407 e. The Labute approximate surface area is 199 Å². The van der Waals surface area contributed by atoms with Gasteiger partial charge >= 0.3 is 12.1 Å². The van der Waals surface area contributed by atoms with Crippen molar-refractivity contribution in [2.45, 2.75) is 38.1 Å². The van der Waals surface area contributed by atoms with E-state index in [9.17, 15) is 14.4 Å². The van der Waals surface area contributed by atoms with Crippen molar-refractivity contribution < 1.29 is 24.2 Å². The highest BCUT2D eigenvalue weighted by Gasteiger charge is 2.41. The van der Waals surface area contributed by atoms with Crippen molar-refractivity contribution >= 4 is 18.0 Å². The average Bonchev–Trinajstić information content (AvgIpc) is 3.39. The van der Waals surface area contributed by atoms with E-state index in [1.807, 2.05) is 24.3 Å². The van der Waals surface area contributed by atoms with Crippen molar-refractivity contribution in [2.75, 3.05) is 19.7 Å². The fourth-order valence-electron chi connectivity index (χ4n) is 5.61. The fraction of sp³-hybridized carbons (Fsp3) is 0.444. The Bertz CT molecular complexity index is 1060. The van der Waals surface area contributed by atoms with E-state index in [1.54, 1.807) is 11.8 Å². The highest BCUT2D eigenvalue weighted by atomic mass is 16.5. The number of carbonyl (C=O) groups excluding carboxylic acids is 2. The number of carboxylic acids is 1.